The summed E-state index contributed by atoms with van der Waals surface area (Å²) < 4.78 is 10.7. The molecule has 5 nitrogen and oxygen atoms in total. The molecular weight excluding hydrogens is 232 g/mol. The summed E-state index contributed by atoms with van der Waals surface area (Å²) in [5.41, 5.74) is 0. The third-order valence-electron chi connectivity index (χ3n) is 2.14. The molecule has 1 aromatic rings. The summed E-state index contributed by atoms with van der Waals surface area (Å²) in [7, 11) is 0. The smallest absolute Gasteiger partial charge is 0.317 e. The Balaban J connectivity index is 2.24. The van der Waals surface area contributed by atoms with Crippen molar-refractivity contribution in [3.05, 3.63) is 24.3 Å². The zero-order chi connectivity index (χ0) is 13.2. The van der Waals surface area contributed by atoms with Crippen molar-refractivity contribution in [2.24, 2.45) is 0 Å². The average molecular weight is 252 g/mol. The van der Waals surface area contributed by atoms with Gasteiger partial charge in [0.2, 0.25) is 0 Å². The molecule has 2 amide bonds. The monoisotopic (exact) mass is 252 g/mol. The lowest BCUT2D eigenvalue weighted by molar-refractivity contribution is 0.224. The van der Waals surface area contributed by atoms with Gasteiger partial charge < -0.3 is 20.1 Å². The van der Waals surface area contributed by atoms with Crippen molar-refractivity contribution in [2.75, 3.05) is 19.9 Å². The number of hydrogen-bond acceptors (Lipinski definition) is 3. The lowest BCUT2D eigenvalue weighted by atomic mass is 10.3. The highest BCUT2D eigenvalue weighted by Crippen LogP contribution is 2.16. The first-order valence-electron chi connectivity index (χ1n) is 6.13. The molecule has 100 valence electrons. The molecule has 0 heterocycles. The van der Waals surface area contributed by atoms with Crippen LogP contribution in [0.1, 0.15) is 20.3 Å². The van der Waals surface area contributed by atoms with E-state index in [2.05, 4.69) is 10.6 Å². The van der Waals surface area contributed by atoms with E-state index in [4.69, 9.17) is 9.47 Å². The van der Waals surface area contributed by atoms with Crippen molar-refractivity contribution in [3.63, 3.8) is 0 Å². The number of rotatable bonds is 7. The Morgan fingerprint density at radius 3 is 2.22 bits per heavy atom. The molecule has 18 heavy (non-hydrogen) atoms. The van der Waals surface area contributed by atoms with E-state index in [1.54, 1.807) is 12.1 Å². The number of ether oxygens (including phenoxy) is 2. The van der Waals surface area contributed by atoms with Crippen molar-refractivity contribution in [2.45, 2.75) is 20.3 Å². The van der Waals surface area contributed by atoms with Crippen LogP contribution in [0.25, 0.3) is 0 Å². The molecule has 0 saturated heterocycles. The minimum atomic E-state index is -0.220. The van der Waals surface area contributed by atoms with Crippen LogP contribution in [-0.4, -0.2) is 25.9 Å². The first kappa shape index (κ1) is 14.2. The van der Waals surface area contributed by atoms with Gasteiger partial charge in [-0.2, -0.15) is 0 Å². The van der Waals surface area contributed by atoms with E-state index in [0.717, 1.165) is 12.2 Å². The van der Waals surface area contributed by atoms with Gasteiger partial charge >= 0.3 is 6.03 Å². The molecule has 0 radical (unpaired) electrons. The van der Waals surface area contributed by atoms with Crippen LogP contribution >= 0.6 is 0 Å². The maximum atomic E-state index is 11.2. The Labute approximate surface area is 107 Å². The molecule has 5 heteroatoms. The van der Waals surface area contributed by atoms with Crippen molar-refractivity contribution >= 4 is 6.03 Å². The van der Waals surface area contributed by atoms with E-state index in [0.29, 0.717) is 18.9 Å². The second-order valence-electron chi connectivity index (χ2n) is 3.63. The van der Waals surface area contributed by atoms with Gasteiger partial charge in [0, 0.05) is 6.54 Å². The van der Waals surface area contributed by atoms with E-state index in [9.17, 15) is 4.79 Å². The minimum absolute atomic E-state index is 0.142. The number of carbonyl (C=O) groups excluding carboxylic acids is 1. The SMILES string of the molecule is CCCNC(=O)NCOc1ccc(OCC)cc1. The van der Waals surface area contributed by atoms with Gasteiger partial charge in [0.05, 0.1) is 6.61 Å². The van der Waals surface area contributed by atoms with Gasteiger partial charge in [0.25, 0.3) is 0 Å². The third-order valence-corrected chi connectivity index (χ3v) is 2.14. The fraction of sp³-hybridized carbons (Fsp3) is 0.462. The summed E-state index contributed by atoms with van der Waals surface area (Å²) in [6.45, 7) is 5.37. The average Bonchev–Trinajstić information content (AvgIpc) is 2.39. The number of amides is 2. The Kier molecular flexibility index (Phi) is 6.46. The fourth-order valence-electron chi connectivity index (χ4n) is 1.28. The lowest BCUT2D eigenvalue weighted by Crippen LogP contribution is -2.37. The molecule has 0 unspecified atom stereocenters. The summed E-state index contributed by atoms with van der Waals surface area (Å²) in [4.78, 5) is 11.2. The number of nitrogens with one attached hydrogen (secondary N) is 2. The largest absolute Gasteiger partial charge is 0.494 e. The predicted octanol–water partition coefficient (Wildman–Crippen LogP) is 2.13. The second-order valence-corrected chi connectivity index (χ2v) is 3.63. The van der Waals surface area contributed by atoms with Crippen LogP contribution in [0.3, 0.4) is 0 Å². The maximum Gasteiger partial charge on any atom is 0.317 e. The standard InChI is InChI=1S/C13H20N2O3/c1-3-9-14-13(16)15-10-18-12-7-5-11(6-8-12)17-4-2/h5-8H,3-4,9-10H2,1-2H3,(H2,14,15,16). The molecule has 0 aliphatic carbocycles. The van der Waals surface area contributed by atoms with Crippen LogP contribution in [0.4, 0.5) is 4.79 Å². The van der Waals surface area contributed by atoms with Gasteiger partial charge in [-0.1, -0.05) is 6.92 Å². The van der Waals surface area contributed by atoms with Gasteiger partial charge in [0.15, 0.2) is 6.73 Å². The molecule has 0 atom stereocenters. The summed E-state index contributed by atoms with van der Waals surface area (Å²) in [5.74, 6) is 1.49. The Hall–Kier alpha value is -1.91. The number of hydrogen-bond donors (Lipinski definition) is 2. The van der Waals surface area contributed by atoms with Gasteiger partial charge in [-0.05, 0) is 37.6 Å². The molecule has 0 saturated carbocycles. The lowest BCUT2D eigenvalue weighted by Gasteiger charge is -2.09. The molecule has 0 spiro atoms. The van der Waals surface area contributed by atoms with Gasteiger partial charge in [-0.15, -0.1) is 0 Å². The molecule has 0 aliphatic rings. The van der Waals surface area contributed by atoms with Crippen LogP contribution in [-0.2, 0) is 0 Å². The Bertz CT molecular complexity index is 352. The van der Waals surface area contributed by atoms with E-state index < -0.39 is 0 Å². The molecule has 0 fully saturated rings. The highest BCUT2D eigenvalue weighted by Gasteiger charge is 1.99. The van der Waals surface area contributed by atoms with Crippen molar-refractivity contribution in [1.29, 1.82) is 0 Å². The normalized spacial score (nSPS) is 9.67. The number of benzene rings is 1. The summed E-state index contributed by atoms with van der Waals surface area (Å²) in [5, 5.41) is 5.30. The van der Waals surface area contributed by atoms with Crippen LogP contribution < -0.4 is 20.1 Å². The third kappa shape index (κ3) is 5.43. The molecular formula is C13H20N2O3. The summed E-state index contributed by atoms with van der Waals surface area (Å²) in [6.07, 6.45) is 0.910. The van der Waals surface area contributed by atoms with Crippen molar-refractivity contribution < 1.29 is 14.3 Å². The summed E-state index contributed by atoms with van der Waals surface area (Å²) >= 11 is 0. The quantitative estimate of drug-likeness (QED) is 0.731. The van der Waals surface area contributed by atoms with Crippen LogP contribution in [0, 0.1) is 0 Å². The predicted molar refractivity (Wildman–Crippen MR) is 69.9 cm³/mol. The van der Waals surface area contributed by atoms with Gasteiger partial charge in [-0.3, -0.25) is 0 Å². The summed E-state index contributed by atoms with van der Waals surface area (Å²) in [6, 6.07) is 7.04. The van der Waals surface area contributed by atoms with Crippen LogP contribution in [0.2, 0.25) is 0 Å². The first-order valence-corrected chi connectivity index (χ1v) is 6.13. The first-order chi connectivity index (χ1) is 8.76. The highest BCUT2D eigenvalue weighted by molar-refractivity contribution is 5.73. The molecule has 1 rings (SSSR count). The molecule has 0 aromatic heterocycles. The van der Waals surface area contributed by atoms with Gasteiger partial charge in [-0.25, -0.2) is 4.79 Å². The van der Waals surface area contributed by atoms with E-state index in [-0.39, 0.29) is 12.8 Å². The topological polar surface area (TPSA) is 59.6 Å². The Morgan fingerprint density at radius 1 is 1.06 bits per heavy atom. The van der Waals surface area contributed by atoms with Crippen LogP contribution in [0.15, 0.2) is 24.3 Å². The zero-order valence-corrected chi connectivity index (χ0v) is 10.9. The van der Waals surface area contributed by atoms with Gasteiger partial charge in [0.1, 0.15) is 11.5 Å². The molecule has 0 aliphatic heterocycles. The zero-order valence-electron chi connectivity index (χ0n) is 10.9. The maximum absolute atomic E-state index is 11.2. The Morgan fingerprint density at radius 2 is 1.67 bits per heavy atom. The van der Waals surface area contributed by atoms with Crippen molar-refractivity contribution in [3.8, 4) is 11.5 Å². The number of urea groups is 1. The van der Waals surface area contributed by atoms with Crippen molar-refractivity contribution in [1.82, 2.24) is 10.6 Å². The van der Waals surface area contributed by atoms with E-state index in [1.165, 1.54) is 0 Å². The molecule has 0 bridgehead atoms. The second kappa shape index (κ2) is 8.22. The fourth-order valence-corrected chi connectivity index (χ4v) is 1.28. The highest BCUT2D eigenvalue weighted by atomic mass is 16.5. The minimum Gasteiger partial charge on any atom is -0.494 e. The number of carbonyl (C=O) groups is 1. The molecule has 2 N–H and O–H groups in total. The van der Waals surface area contributed by atoms with E-state index in [1.807, 2.05) is 26.0 Å². The van der Waals surface area contributed by atoms with Crippen LogP contribution in [0.5, 0.6) is 11.5 Å². The molecule has 1 aromatic carbocycles. The van der Waals surface area contributed by atoms with E-state index >= 15 is 0 Å².